The van der Waals surface area contributed by atoms with Crippen LogP contribution in [0.15, 0.2) is 30.3 Å². The molecule has 2 rings (SSSR count). The van der Waals surface area contributed by atoms with Gasteiger partial charge in [-0.25, -0.2) is 0 Å². The number of thiol groups is 1. The van der Waals surface area contributed by atoms with Gasteiger partial charge in [-0.15, -0.1) is 0 Å². The van der Waals surface area contributed by atoms with Gasteiger partial charge in [0.2, 0.25) is 5.91 Å². The summed E-state index contributed by atoms with van der Waals surface area (Å²) in [4.78, 5) is 25.0. The van der Waals surface area contributed by atoms with Crippen molar-refractivity contribution in [2.45, 2.75) is 24.5 Å². The molecule has 1 fully saturated rings. The molecule has 1 aliphatic rings. The molecule has 0 N–H and O–H groups in total. The van der Waals surface area contributed by atoms with Gasteiger partial charge in [0.05, 0.1) is 5.25 Å². The van der Waals surface area contributed by atoms with E-state index in [-0.39, 0.29) is 12.3 Å². The zero-order valence-electron chi connectivity index (χ0n) is 12.0. The van der Waals surface area contributed by atoms with Crippen LogP contribution in [0.2, 0.25) is 0 Å². The molecule has 0 bridgehead atoms. The van der Waals surface area contributed by atoms with Crippen molar-refractivity contribution in [3.05, 3.63) is 30.3 Å². The number of anilines is 1. The standard InChI is InChI=1S/C16H21NO3S/c18-9-6-15(21)16(19)17(14-4-2-1-3-5-14)12-13-7-10-20-11-8-13/h1-5,9,13,15,21H,6-8,10-12H2. The lowest BCUT2D eigenvalue weighted by atomic mass is 9.99. The highest BCUT2D eigenvalue weighted by Crippen LogP contribution is 2.23. The maximum atomic E-state index is 12.6. The molecule has 1 aliphatic heterocycles. The minimum atomic E-state index is -0.581. The van der Waals surface area contributed by atoms with Gasteiger partial charge in [0, 0.05) is 31.9 Å². The zero-order chi connectivity index (χ0) is 15.1. The number of para-hydroxylation sites is 1. The molecule has 1 saturated heterocycles. The first kappa shape index (κ1) is 16.0. The average Bonchev–Trinajstić information content (AvgIpc) is 2.54. The Labute approximate surface area is 130 Å². The second-order valence-electron chi connectivity index (χ2n) is 5.26. The maximum absolute atomic E-state index is 12.6. The van der Waals surface area contributed by atoms with Crippen LogP contribution in [0, 0.1) is 5.92 Å². The molecule has 0 radical (unpaired) electrons. The molecule has 1 atom stereocenters. The molecule has 114 valence electrons. The summed E-state index contributed by atoms with van der Waals surface area (Å²) < 4.78 is 5.37. The second kappa shape index (κ2) is 8.20. The molecule has 1 aromatic rings. The summed E-state index contributed by atoms with van der Waals surface area (Å²) in [5, 5.41) is -0.581. The molecule has 1 aromatic carbocycles. The van der Waals surface area contributed by atoms with Gasteiger partial charge < -0.3 is 14.4 Å². The van der Waals surface area contributed by atoms with Gasteiger partial charge in [-0.1, -0.05) is 18.2 Å². The third-order valence-electron chi connectivity index (χ3n) is 3.72. The second-order valence-corrected chi connectivity index (χ2v) is 5.88. The van der Waals surface area contributed by atoms with E-state index in [0.717, 1.165) is 38.0 Å². The highest BCUT2D eigenvalue weighted by molar-refractivity contribution is 7.81. The Morgan fingerprint density at radius 2 is 2.00 bits per heavy atom. The summed E-state index contributed by atoms with van der Waals surface area (Å²) in [6.07, 6.45) is 2.80. The Balaban J connectivity index is 2.13. The Morgan fingerprint density at radius 3 is 2.62 bits per heavy atom. The van der Waals surface area contributed by atoms with Gasteiger partial charge in [0.15, 0.2) is 0 Å². The molecular weight excluding hydrogens is 286 g/mol. The Hall–Kier alpha value is -1.33. The summed E-state index contributed by atoms with van der Waals surface area (Å²) in [5.41, 5.74) is 0.860. The first-order valence-electron chi connectivity index (χ1n) is 7.28. The molecule has 21 heavy (non-hydrogen) atoms. The lowest BCUT2D eigenvalue weighted by Crippen LogP contribution is -2.41. The number of nitrogens with zero attached hydrogens (tertiary/aromatic N) is 1. The number of carbonyl (C=O) groups is 2. The maximum Gasteiger partial charge on any atom is 0.240 e. The first-order valence-corrected chi connectivity index (χ1v) is 7.80. The van der Waals surface area contributed by atoms with E-state index in [0.29, 0.717) is 12.5 Å². The Morgan fingerprint density at radius 1 is 1.33 bits per heavy atom. The molecular formula is C16H21NO3S. The lowest BCUT2D eigenvalue weighted by Gasteiger charge is -2.31. The molecule has 4 nitrogen and oxygen atoms in total. The van der Waals surface area contributed by atoms with Crippen molar-refractivity contribution in [1.29, 1.82) is 0 Å². The van der Waals surface area contributed by atoms with Gasteiger partial charge in [-0.2, -0.15) is 12.6 Å². The highest BCUT2D eigenvalue weighted by atomic mass is 32.1. The van der Waals surface area contributed by atoms with Gasteiger partial charge in [0.25, 0.3) is 0 Å². The summed E-state index contributed by atoms with van der Waals surface area (Å²) in [6.45, 7) is 2.16. The number of hydrogen-bond donors (Lipinski definition) is 1. The number of hydrogen-bond acceptors (Lipinski definition) is 4. The van der Waals surface area contributed by atoms with E-state index in [4.69, 9.17) is 4.74 Å². The largest absolute Gasteiger partial charge is 0.381 e. The zero-order valence-corrected chi connectivity index (χ0v) is 12.9. The van der Waals surface area contributed by atoms with Crippen LogP contribution >= 0.6 is 12.6 Å². The smallest absolute Gasteiger partial charge is 0.240 e. The normalized spacial score (nSPS) is 17.2. The van der Waals surface area contributed by atoms with Gasteiger partial charge in [0.1, 0.15) is 6.29 Å². The number of rotatable bonds is 6. The van der Waals surface area contributed by atoms with Crippen molar-refractivity contribution in [2.24, 2.45) is 5.92 Å². The van der Waals surface area contributed by atoms with E-state index >= 15 is 0 Å². The van der Waals surface area contributed by atoms with Crippen LogP contribution in [0.1, 0.15) is 19.3 Å². The van der Waals surface area contributed by atoms with Crippen LogP contribution in [-0.4, -0.2) is 37.2 Å². The van der Waals surface area contributed by atoms with Crippen molar-refractivity contribution < 1.29 is 14.3 Å². The molecule has 1 heterocycles. The van der Waals surface area contributed by atoms with E-state index in [1.54, 1.807) is 4.90 Å². The molecule has 0 aliphatic carbocycles. The van der Waals surface area contributed by atoms with Gasteiger partial charge in [-0.05, 0) is 30.9 Å². The minimum Gasteiger partial charge on any atom is -0.381 e. The molecule has 0 aromatic heterocycles. The molecule has 1 unspecified atom stereocenters. The third kappa shape index (κ3) is 4.58. The van der Waals surface area contributed by atoms with Gasteiger partial charge in [-0.3, -0.25) is 4.79 Å². The number of aldehydes is 1. The molecule has 5 heteroatoms. The van der Waals surface area contributed by atoms with E-state index in [1.165, 1.54) is 0 Å². The Kier molecular flexibility index (Phi) is 6.26. The fourth-order valence-corrected chi connectivity index (χ4v) is 2.72. The van der Waals surface area contributed by atoms with Crippen LogP contribution in [-0.2, 0) is 14.3 Å². The Bertz CT molecular complexity index is 460. The monoisotopic (exact) mass is 307 g/mol. The van der Waals surface area contributed by atoms with E-state index in [9.17, 15) is 9.59 Å². The van der Waals surface area contributed by atoms with Crippen LogP contribution in [0.4, 0.5) is 5.69 Å². The number of ether oxygens (including phenoxy) is 1. The quantitative estimate of drug-likeness (QED) is 0.648. The number of carbonyl (C=O) groups excluding carboxylic acids is 2. The average molecular weight is 307 g/mol. The van der Waals surface area contributed by atoms with Crippen molar-refractivity contribution >= 4 is 30.5 Å². The molecule has 0 spiro atoms. The summed E-state index contributed by atoms with van der Waals surface area (Å²) in [6, 6.07) is 9.57. The minimum absolute atomic E-state index is 0.108. The van der Waals surface area contributed by atoms with Crippen LogP contribution in [0.25, 0.3) is 0 Å². The topological polar surface area (TPSA) is 46.6 Å². The first-order chi connectivity index (χ1) is 10.2. The van der Waals surface area contributed by atoms with E-state index in [2.05, 4.69) is 12.6 Å². The predicted molar refractivity (Wildman–Crippen MR) is 85.8 cm³/mol. The van der Waals surface area contributed by atoms with E-state index < -0.39 is 5.25 Å². The van der Waals surface area contributed by atoms with Crippen LogP contribution < -0.4 is 4.90 Å². The van der Waals surface area contributed by atoms with Crippen molar-refractivity contribution in [3.8, 4) is 0 Å². The SMILES string of the molecule is O=CCC(S)C(=O)N(CC1CCOCC1)c1ccccc1. The van der Waals surface area contributed by atoms with Crippen LogP contribution in [0.3, 0.4) is 0 Å². The fourth-order valence-electron chi connectivity index (χ4n) is 2.49. The number of benzene rings is 1. The highest BCUT2D eigenvalue weighted by Gasteiger charge is 2.26. The van der Waals surface area contributed by atoms with Crippen molar-refractivity contribution in [2.75, 3.05) is 24.7 Å². The third-order valence-corrected chi connectivity index (χ3v) is 4.15. The summed E-state index contributed by atoms with van der Waals surface area (Å²) >= 11 is 4.27. The predicted octanol–water partition coefficient (Wildman–Crippen LogP) is 2.33. The number of amides is 1. The van der Waals surface area contributed by atoms with E-state index in [1.807, 2.05) is 30.3 Å². The summed E-state index contributed by atoms with van der Waals surface area (Å²) in [7, 11) is 0. The van der Waals surface area contributed by atoms with Crippen molar-refractivity contribution in [3.63, 3.8) is 0 Å². The summed E-state index contributed by atoms with van der Waals surface area (Å²) in [5.74, 6) is 0.322. The van der Waals surface area contributed by atoms with Crippen molar-refractivity contribution in [1.82, 2.24) is 0 Å². The fraction of sp³-hybridized carbons (Fsp3) is 0.500. The van der Waals surface area contributed by atoms with Gasteiger partial charge >= 0.3 is 0 Å². The molecule has 0 saturated carbocycles. The lowest BCUT2D eigenvalue weighted by molar-refractivity contribution is -0.120. The van der Waals surface area contributed by atoms with Crippen LogP contribution in [0.5, 0.6) is 0 Å². The molecule has 1 amide bonds.